The molecule has 0 heterocycles. The van der Waals surface area contributed by atoms with Crippen molar-refractivity contribution in [3.8, 4) is 11.1 Å². The highest BCUT2D eigenvalue weighted by atomic mass is 35.5. The van der Waals surface area contributed by atoms with Crippen molar-refractivity contribution in [3.05, 3.63) is 136 Å². The van der Waals surface area contributed by atoms with Gasteiger partial charge in [-0.15, -0.1) is 0 Å². The van der Waals surface area contributed by atoms with Crippen LogP contribution in [0.25, 0.3) is 17.2 Å². The lowest BCUT2D eigenvalue weighted by atomic mass is 10.0. The van der Waals surface area contributed by atoms with Gasteiger partial charge in [0.25, 0.3) is 11.8 Å². The summed E-state index contributed by atoms with van der Waals surface area (Å²) in [6.07, 6.45) is -3.63. The van der Waals surface area contributed by atoms with Crippen LogP contribution in [0.1, 0.15) is 27.0 Å². The molecule has 0 bridgehead atoms. The van der Waals surface area contributed by atoms with Gasteiger partial charge in [0.2, 0.25) is 0 Å². The van der Waals surface area contributed by atoms with Crippen molar-refractivity contribution in [2.24, 2.45) is 0 Å². The molecule has 0 radical (unpaired) electrons. The molecule has 4 rings (SSSR count). The summed E-state index contributed by atoms with van der Waals surface area (Å²) in [5.74, 6) is -2.93. The fraction of sp³-hybridized carbons (Fsp3) is 0.121. The van der Waals surface area contributed by atoms with Gasteiger partial charge in [0.05, 0.1) is 5.56 Å². The molecule has 0 spiro atoms. The van der Waals surface area contributed by atoms with Gasteiger partial charge in [-0.1, -0.05) is 78.3 Å². The Morgan fingerprint density at radius 1 is 0.884 bits per heavy atom. The van der Waals surface area contributed by atoms with Gasteiger partial charge < -0.3 is 15.3 Å². The van der Waals surface area contributed by atoms with E-state index in [1.54, 1.807) is 48.5 Å². The van der Waals surface area contributed by atoms with Crippen LogP contribution in [0.2, 0.25) is 5.02 Å². The fourth-order valence-corrected chi connectivity index (χ4v) is 4.45. The second-order valence-corrected chi connectivity index (χ2v) is 10.1. The first-order chi connectivity index (χ1) is 20.4. The minimum absolute atomic E-state index is 0.0177. The largest absolute Gasteiger partial charge is 0.480 e. The first-order valence-electron chi connectivity index (χ1n) is 13.0. The van der Waals surface area contributed by atoms with E-state index in [2.05, 4.69) is 5.32 Å². The molecule has 1 atom stereocenters. The molecule has 0 aromatic heterocycles. The third-order valence-electron chi connectivity index (χ3n) is 6.67. The average Bonchev–Trinajstić information content (AvgIpc) is 3.00. The Morgan fingerprint density at radius 2 is 1.51 bits per heavy atom. The van der Waals surface area contributed by atoms with Crippen LogP contribution in [0.15, 0.2) is 109 Å². The van der Waals surface area contributed by atoms with Crippen molar-refractivity contribution in [1.82, 2.24) is 10.2 Å². The lowest BCUT2D eigenvalue weighted by Gasteiger charge is -2.26. The summed E-state index contributed by atoms with van der Waals surface area (Å²) in [4.78, 5) is 40.0. The van der Waals surface area contributed by atoms with Gasteiger partial charge in [-0.05, 0) is 64.7 Å². The van der Waals surface area contributed by atoms with E-state index in [1.165, 1.54) is 19.2 Å². The zero-order chi connectivity index (χ0) is 31.1. The number of carboxylic acids is 1. The number of halogens is 4. The quantitative estimate of drug-likeness (QED) is 0.202. The Bertz CT molecular complexity index is 1640. The predicted octanol–water partition coefficient (Wildman–Crippen LogP) is 6.95. The summed E-state index contributed by atoms with van der Waals surface area (Å²) in [5.41, 5.74) is 1.17. The van der Waals surface area contributed by atoms with Crippen LogP contribution < -0.4 is 5.32 Å². The number of alkyl halides is 3. The molecule has 0 aliphatic rings. The van der Waals surface area contributed by atoms with Crippen LogP contribution in [0.3, 0.4) is 0 Å². The van der Waals surface area contributed by atoms with Crippen LogP contribution in [-0.4, -0.2) is 40.9 Å². The van der Waals surface area contributed by atoms with Gasteiger partial charge in [0, 0.05) is 24.1 Å². The van der Waals surface area contributed by atoms with E-state index in [0.29, 0.717) is 10.6 Å². The van der Waals surface area contributed by atoms with Crippen molar-refractivity contribution in [3.63, 3.8) is 0 Å². The molecule has 10 heteroatoms. The average molecular weight is 607 g/mol. The van der Waals surface area contributed by atoms with Crippen molar-refractivity contribution in [1.29, 1.82) is 0 Å². The van der Waals surface area contributed by atoms with Crippen molar-refractivity contribution < 1.29 is 32.7 Å². The number of hydrogen-bond acceptors (Lipinski definition) is 3. The van der Waals surface area contributed by atoms with E-state index in [1.807, 2.05) is 30.3 Å². The Kier molecular flexibility index (Phi) is 9.67. The van der Waals surface area contributed by atoms with Crippen molar-refractivity contribution in [2.45, 2.75) is 18.6 Å². The van der Waals surface area contributed by atoms with Gasteiger partial charge in [-0.25, -0.2) is 4.79 Å². The zero-order valence-electron chi connectivity index (χ0n) is 22.8. The summed E-state index contributed by atoms with van der Waals surface area (Å²) < 4.78 is 40.1. The van der Waals surface area contributed by atoms with Gasteiger partial charge in [0.1, 0.15) is 11.7 Å². The van der Waals surface area contributed by atoms with Crippen LogP contribution >= 0.6 is 11.6 Å². The molecule has 4 aromatic rings. The molecular weight excluding hydrogens is 581 g/mol. The van der Waals surface area contributed by atoms with E-state index >= 15 is 0 Å². The highest BCUT2D eigenvalue weighted by molar-refractivity contribution is 6.30. The number of carbonyl (C=O) groups excluding carboxylic acids is 2. The Labute approximate surface area is 251 Å². The SMILES string of the molecule is CN(C(=O)C(=Cc1cccc(C(F)(F)F)c1)NC(=O)c1ccc(-c2ccccc2)cc1)C(Cc1ccc(Cl)cc1)C(=O)O. The number of nitrogens with zero attached hydrogens (tertiary/aromatic N) is 1. The number of aliphatic carboxylic acids is 1. The van der Waals surface area contributed by atoms with E-state index < -0.39 is 41.3 Å². The standard InChI is InChI=1S/C33H26ClF3N2O4/c1-39(29(32(42)43)20-21-10-16-27(34)17-11-21)31(41)28(19-22-6-5-9-26(18-22)33(35,36)37)38-30(40)25-14-12-24(13-15-25)23-7-3-2-4-8-23/h2-19,29H,20H2,1H3,(H,38,40)(H,42,43). The minimum atomic E-state index is -4.64. The van der Waals surface area contributed by atoms with Crippen molar-refractivity contribution >= 4 is 35.5 Å². The molecule has 6 nitrogen and oxygen atoms in total. The number of benzene rings is 4. The third-order valence-corrected chi connectivity index (χ3v) is 6.92. The highest BCUT2D eigenvalue weighted by Crippen LogP contribution is 2.30. The Balaban J connectivity index is 1.66. The van der Waals surface area contributed by atoms with Gasteiger partial charge >= 0.3 is 12.1 Å². The molecule has 0 fully saturated rings. The molecule has 220 valence electrons. The molecule has 0 aliphatic heterocycles. The second kappa shape index (κ2) is 13.4. The fourth-order valence-electron chi connectivity index (χ4n) is 4.33. The summed E-state index contributed by atoms with van der Waals surface area (Å²) in [6, 6.07) is 25.3. The lowest BCUT2D eigenvalue weighted by molar-refractivity contribution is -0.147. The maximum atomic E-state index is 13.7. The number of hydrogen-bond donors (Lipinski definition) is 2. The van der Waals surface area contributed by atoms with Gasteiger partial charge in [-0.3, -0.25) is 9.59 Å². The van der Waals surface area contributed by atoms with Crippen molar-refractivity contribution in [2.75, 3.05) is 7.05 Å². The van der Waals surface area contributed by atoms with Gasteiger partial charge in [-0.2, -0.15) is 13.2 Å². The molecule has 1 unspecified atom stereocenters. The van der Waals surface area contributed by atoms with Crippen LogP contribution in [0.5, 0.6) is 0 Å². The topological polar surface area (TPSA) is 86.7 Å². The molecule has 0 saturated carbocycles. The van der Waals surface area contributed by atoms with E-state index in [4.69, 9.17) is 11.6 Å². The Morgan fingerprint density at radius 3 is 2.12 bits per heavy atom. The summed E-state index contributed by atoms with van der Waals surface area (Å²) >= 11 is 5.92. The number of carbonyl (C=O) groups is 3. The zero-order valence-corrected chi connectivity index (χ0v) is 23.6. The molecule has 2 amide bonds. The molecule has 43 heavy (non-hydrogen) atoms. The van der Waals surface area contributed by atoms with E-state index in [0.717, 1.165) is 34.2 Å². The summed E-state index contributed by atoms with van der Waals surface area (Å²) in [5, 5.41) is 12.9. The first-order valence-corrected chi connectivity index (χ1v) is 13.4. The van der Waals surface area contributed by atoms with E-state index in [-0.39, 0.29) is 17.5 Å². The van der Waals surface area contributed by atoms with E-state index in [9.17, 15) is 32.7 Å². The lowest BCUT2D eigenvalue weighted by Crippen LogP contribution is -2.46. The second-order valence-electron chi connectivity index (χ2n) is 9.68. The van der Waals surface area contributed by atoms with Crippen LogP contribution in [0.4, 0.5) is 13.2 Å². The number of carboxylic acid groups (broad SMARTS) is 1. The summed E-state index contributed by atoms with van der Waals surface area (Å²) in [6.45, 7) is 0. The molecule has 0 aliphatic carbocycles. The molecule has 2 N–H and O–H groups in total. The normalized spacial score (nSPS) is 12.3. The number of rotatable bonds is 9. The predicted molar refractivity (Wildman–Crippen MR) is 158 cm³/mol. The maximum absolute atomic E-state index is 13.7. The molecule has 0 saturated heterocycles. The smallest absolute Gasteiger partial charge is 0.416 e. The van der Waals surface area contributed by atoms with Crippen LogP contribution in [-0.2, 0) is 22.2 Å². The molecular formula is C33H26ClF3N2O4. The van der Waals surface area contributed by atoms with Gasteiger partial charge in [0.15, 0.2) is 0 Å². The minimum Gasteiger partial charge on any atom is -0.480 e. The highest BCUT2D eigenvalue weighted by Gasteiger charge is 2.31. The first kappa shape index (κ1) is 31.1. The third kappa shape index (κ3) is 8.11. The maximum Gasteiger partial charge on any atom is 0.416 e. The van der Waals surface area contributed by atoms with Crippen LogP contribution in [0, 0.1) is 0 Å². The monoisotopic (exact) mass is 606 g/mol. The number of nitrogens with one attached hydrogen (secondary N) is 1. The molecule has 4 aromatic carbocycles. The number of likely N-dealkylation sites (N-methyl/N-ethyl adjacent to an activating group) is 1. The summed E-state index contributed by atoms with van der Waals surface area (Å²) in [7, 11) is 1.25. The number of amides is 2. The Hall–Kier alpha value is -4.89.